The minimum Gasteiger partial charge on any atom is -0.469 e. The number of carbonyl (C=O) groups excluding carboxylic acids is 1. The van der Waals surface area contributed by atoms with Crippen LogP contribution in [0.15, 0.2) is 23.8 Å². The Bertz CT molecular complexity index is 538. The molecule has 1 saturated carbocycles. The summed E-state index contributed by atoms with van der Waals surface area (Å²) in [5, 5.41) is 0. The van der Waals surface area contributed by atoms with Gasteiger partial charge in [0.1, 0.15) is 0 Å². The molecule has 146 valence electrons. The van der Waals surface area contributed by atoms with E-state index in [2.05, 4.69) is 65.7 Å². The van der Waals surface area contributed by atoms with Gasteiger partial charge in [0.15, 0.2) is 0 Å². The van der Waals surface area contributed by atoms with Crippen molar-refractivity contribution in [3.63, 3.8) is 0 Å². The van der Waals surface area contributed by atoms with E-state index in [1.54, 1.807) is 0 Å². The Morgan fingerprint density at radius 1 is 1.31 bits per heavy atom. The van der Waals surface area contributed by atoms with Gasteiger partial charge in [0.25, 0.3) is 0 Å². The predicted octanol–water partition coefficient (Wildman–Crippen LogP) is 6.66. The summed E-state index contributed by atoms with van der Waals surface area (Å²) in [5.41, 5.74) is 1.46. The third-order valence-corrected chi connectivity index (χ3v) is 5.70. The van der Waals surface area contributed by atoms with Gasteiger partial charge in [0.05, 0.1) is 7.11 Å². The topological polar surface area (TPSA) is 26.3 Å². The lowest BCUT2D eigenvalue weighted by Crippen LogP contribution is -2.00. The molecule has 3 heteroatoms. The standard InChI is InChI=1S/C23H35BrO2/c1-18(9-5-10-19(2)12-8-16-24)11-6-13-20(3)22-17-21(22)14-7-15-23(25)26-4/h6,11,13,19-22H,5,7,9-10,12,14-15,17H2,1-4H3/b13-6+,18-11+/t19?,20?,21-,22-/m0/s1. The molecule has 26 heavy (non-hydrogen) atoms. The van der Waals surface area contributed by atoms with Gasteiger partial charge in [-0.3, -0.25) is 4.79 Å². The third-order valence-electron chi connectivity index (χ3n) is 5.42. The molecule has 0 bridgehead atoms. The van der Waals surface area contributed by atoms with Crippen molar-refractivity contribution in [1.82, 2.24) is 0 Å². The zero-order chi connectivity index (χ0) is 19.4. The van der Waals surface area contributed by atoms with Gasteiger partial charge in [-0.1, -0.05) is 43.6 Å². The van der Waals surface area contributed by atoms with E-state index < -0.39 is 0 Å². The van der Waals surface area contributed by atoms with Crippen molar-refractivity contribution in [1.29, 1.82) is 0 Å². The number of hydrogen-bond acceptors (Lipinski definition) is 2. The first-order valence-electron chi connectivity index (χ1n) is 9.97. The SMILES string of the molecule is COC(=O)CCC[C@H]1C[C@H]1C(C)/C=C/C=C(\C)CCCC(C)CC#CBr. The Morgan fingerprint density at radius 2 is 2.08 bits per heavy atom. The van der Waals surface area contributed by atoms with Crippen LogP contribution in [0.3, 0.4) is 0 Å². The Kier molecular flexibility index (Phi) is 11.7. The molecule has 0 N–H and O–H groups in total. The molecule has 1 fully saturated rings. The van der Waals surface area contributed by atoms with E-state index in [9.17, 15) is 4.79 Å². The smallest absolute Gasteiger partial charge is 0.305 e. The summed E-state index contributed by atoms with van der Waals surface area (Å²) in [6, 6.07) is 0. The molecule has 1 aliphatic rings. The fourth-order valence-corrected chi connectivity index (χ4v) is 3.68. The normalized spacial score (nSPS) is 21.8. The van der Waals surface area contributed by atoms with Crippen molar-refractivity contribution in [2.75, 3.05) is 7.11 Å². The predicted molar refractivity (Wildman–Crippen MR) is 114 cm³/mol. The lowest BCUT2D eigenvalue weighted by Gasteiger charge is -2.07. The molecule has 2 unspecified atom stereocenters. The largest absolute Gasteiger partial charge is 0.469 e. The monoisotopic (exact) mass is 422 g/mol. The molecule has 0 aliphatic heterocycles. The molecular weight excluding hydrogens is 388 g/mol. The van der Waals surface area contributed by atoms with E-state index in [-0.39, 0.29) is 5.97 Å². The highest BCUT2D eigenvalue weighted by atomic mass is 79.9. The lowest BCUT2D eigenvalue weighted by atomic mass is 9.98. The van der Waals surface area contributed by atoms with Crippen molar-refractivity contribution in [2.45, 2.75) is 72.1 Å². The number of ether oxygens (including phenoxy) is 1. The molecular formula is C23H35BrO2. The van der Waals surface area contributed by atoms with Crippen LogP contribution in [-0.2, 0) is 9.53 Å². The molecule has 4 atom stereocenters. The molecule has 0 spiro atoms. The number of allylic oxidation sites excluding steroid dienone is 4. The minimum absolute atomic E-state index is 0.0822. The Hall–Kier alpha value is -1.01. The van der Waals surface area contributed by atoms with Crippen molar-refractivity contribution >= 4 is 21.9 Å². The van der Waals surface area contributed by atoms with Gasteiger partial charge >= 0.3 is 5.97 Å². The zero-order valence-electron chi connectivity index (χ0n) is 16.9. The number of hydrogen-bond donors (Lipinski definition) is 0. The number of halogens is 1. The zero-order valence-corrected chi connectivity index (χ0v) is 18.5. The van der Waals surface area contributed by atoms with Crippen molar-refractivity contribution < 1.29 is 9.53 Å². The maximum atomic E-state index is 11.1. The molecule has 1 aliphatic carbocycles. The van der Waals surface area contributed by atoms with Crippen LogP contribution in [0, 0.1) is 34.4 Å². The van der Waals surface area contributed by atoms with Gasteiger partial charge < -0.3 is 4.74 Å². The number of rotatable bonds is 12. The molecule has 0 saturated heterocycles. The van der Waals surface area contributed by atoms with Crippen molar-refractivity contribution in [3.05, 3.63) is 23.8 Å². The van der Waals surface area contributed by atoms with Crippen molar-refractivity contribution in [3.8, 4) is 10.8 Å². The summed E-state index contributed by atoms with van der Waals surface area (Å²) in [5.74, 6) is 5.91. The van der Waals surface area contributed by atoms with E-state index in [1.807, 2.05) is 0 Å². The average Bonchev–Trinajstić information content (AvgIpc) is 3.39. The van der Waals surface area contributed by atoms with Crippen molar-refractivity contribution in [2.24, 2.45) is 23.7 Å². The molecule has 0 amide bonds. The Labute approximate surface area is 169 Å². The average molecular weight is 423 g/mol. The van der Waals surface area contributed by atoms with Gasteiger partial charge in [-0.2, -0.15) is 0 Å². The first-order valence-corrected chi connectivity index (χ1v) is 10.8. The summed E-state index contributed by atoms with van der Waals surface area (Å²) < 4.78 is 4.70. The second-order valence-electron chi connectivity index (χ2n) is 7.86. The van der Waals surface area contributed by atoms with Crippen LogP contribution in [-0.4, -0.2) is 13.1 Å². The molecule has 0 aromatic carbocycles. The summed E-state index contributed by atoms with van der Waals surface area (Å²) in [6.07, 6.45) is 15.5. The maximum absolute atomic E-state index is 11.1. The van der Waals surface area contributed by atoms with Crippen LogP contribution < -0.4 is 0 Å². The molecule has 1 rings (SSSR count). The van der Waals surface area contributed by atoms with E-state index in [4.69, 9.17) is 4.74 Å². The van der Waals surface area contributed by atoms with Crippen LogP contribution in [0.5, 0.6) is 0 Å². The van der Waals surface area contributed by atoms with E-state index >= 15 is 0 Å². The lowest BCUT2D eigenvalue weighted by molar-refractivity contribution is -0.140. The molecule has 0 heterocycles. The first kappa shape index (κ1) is 23.0. The van der Waals surface area contributed by atoms with E-state index in [0.29, 0.717) is 18.3 Å². The fraction of sp³-hybridized carbons (Fsp3) is 0.696. The van der Waals surface area contributed by atoms with Crippen LogP contribution >= 0.6 is 15.9 Å². The van der Waals surface area contributed by atoms with Crippen LogP contribution in [0.25, 0.3) is 0 Å². The van der Waals surface area contributed by atoms with Crippen LogP contribution in [0.1, 0.15) is 72.1 Å². The van der Waals surface area contributed by atoms with Gasteiger partial charge in [0, 0.05) is 28.8 Å². The second-order valence-corrected chi connectivity index (χ2v) is 8.25. The molecule has 0 radical (unpaired) electrons. The number of methoxy groups -OCH3 is 1. The van der Waals surface area contributed by atoms with Gasteiger partial charge in [-0.05, 0) is 73.9 Å². The van der Waals surface area contributed by atoms with Gasteiger partial charge in [0.2, 0.25) is 0 Å². The third kappa shape index (κ3) is 10.2. The first-order chi connectivity index (χ1) is 12.5. The number of esters is 1. The summed E-state index contributed by atoms with van der Waals surface area (Å²) in [7, 11) is 1.46. The molecule has 2 nitrogen and oxygen atoms in total. The highest BCUT2D eigenvalue weighted by Crippen LogP contribution is 2.47. The molecule has 0 aromatic heterocycles. The highest BCUT2D eigenvalue weighted by molar-refractivity contribution is 9.12. The van der Waals surface area contributed by atoms with E-state index in [1.165, 1.54) is 38.4 Å². The highest BCUT2D eigenvalue weighted by Gasteiger charge is 2.39. The van der Waals surface area contributed by atoms with Gasteiger partial charge in [-0.15, -0.1) is 0 Å². The molecule has 0 aromatic rings. The van der Waals surface area contributed by atoms with Gasteiger partial charge in [-0.25, -0.2) is 0 Å². The van der Waals surface area contributed by atoms with Crippen LogP contribution in [0.4, 0.5) is 0 Å². The minimum atomic E-state index is -0.0822. The maximum Gasteiger partial charge on any atom is 0.305 e. The Morgan fingerprint density at radius 3 is 2.77 bits per heavy atom. The fourth-order valence-electron chi connectivity index (χ4n) is 3.52. The summed E-state index contributed by atoms with van der Waals surface area (Å²) in [6.45, 7) is 6.82. The second kappa shape index (κ2) is 13.2. The Balaban J connectivity index is 2.18. The summed E-state index contributed by atoms with van der Waals surface area (Å²) >= 11 is 3.15. The number of carbonyl (C=O) groups is 1. The quantitative estimate of drug-likeness (QED) is 0.199. The van der Waals surface area contributed by atoms with E-state index in [0.717, 1.165) is 31.1 Å². The summed E-state index contributed by atoms with van der Waals surface area (Å²) in [4.78, 5) is 13.9. The van der Waals surface area contributed by atoms with Crippen LogP contribution in [0.2, 0.25) is 0 Å².